The van der Waals surface area contributed by atoms with E-state index in [9.17, 15) is 14.4 Å². The molecule has 0 saturated heterocycles. The number of nitrogens with zero attached hydrogens (tertiary/aromatic N) is 4. The first-order valence-corrected chi connectivity index (χ1v) is 10.9. The lowest BCUT2D eigenvalue weighted by molar-refractivity contribution is -0.119. The van der Waals surface area contributed by atoms with Crippen LogP contribution in [0.1, 0.15) is 40.6 Å². The Morgan fingerprint density at radius 3 is 2.75 bits per heavy atom. The van der Waals surface area contributed by atoms with Crippen molar-refractivity contribution in [3.8, 4) is 0 Å². The smallest absolute Gasteiger partial charge is 0.253 e. The van der Waals surface area contributed by atoms with Crippen molar-refractivity contribution in [3.63, 3.8) is 0 Å². The zero-order valence-corrected chi connectivity index (χ0v) is 17.9. The summed E-state index contributed by atoms with van der Waals surface area (Å²) in [7, 11) is 1.91. The summed E-state index contributed by atoms with van der Waals surface area (Å²) in [6, 6.07) is 10.5. The minimum atomic E-state index is -0.315. The van der Waals surface area contributed by atoms with Gasteiger partial charge in [-0.15, -0.1) is 0 Å². The number of imidazole rings is 1. The second kappa shape index (κ2) is 8.11. The fourth-order valence-corrected chi connectivity index (χ4v) is 4.34. The van der Waals surface area contributed by atoms with Crippen LogP contribution in [0.4, 0.5) is 5.69 Å². The van der Waals surface area contributed by atoms with Gasteiger partial charge in [-0.05, 0) is 42.9 Å². The molecule has 32 heavy (non-hydrogen) atoms. The molecule has 3 aromatic rings. The maximum atomic E-state index is 13.0. The topological polar surface area (TPSA) is 89.2 Å². The lowest BCUT2D eigenvalue weighted by atomic mass is 10.1. The Labute approximate surface area is 185 Å². The third kappa shape index (κ3) is 3.84. The Morgan fingerprint density at radius 2 is 2.00 bits per heavy atom. The molecule has 8 heteroatoms. The van der Waals surface area contributed by atoms with Crippen molar-refractivity contribution in [1.29, 1.82) is 0 Å². The molecule has 2 aromatic heterocycles. The predicted octanol–water partition coefficient (Wildman–Crippen LogP) is 2.05. The van der Waals surface area contributed by atoms with E-state index in [2.05, 4.69) is 10.3 Å². The number of fused-ring (bicyclic) bond motifs is 1. The summed E-state index contributed by atoms with van der Waals surface area (Å²) in [6.07, 6.45) is 7.94. The average Bonchev–Trinajstić information content (AvgIpc) is 3.40. The van der Waals surface area contributed by atoms with Crippen LogP contribution in [0.2, 0.25) is 0 Å². The average molecular weight is 431 g/mol. The Kier molecular flexibility index (Phi) is 5.13. The van der Waals surface area contributed by atoms with Gasteiger partial charge in [0.05, 0.1) is 11.6 Å². The molecule has 1 aliphatic carbocycles. The minimum absolute atomic E-state index is 0.111. The number of hydrogen-bond acceptors (Lipinski definition) is 4. The van der Waals surface area contributed by atoms with Gasteiger partial charge in [0, 0.05) is 43.9 Å². The van der Waals surface area contributed by atoms with E-state index >= 15 is 0 Å². The van der Waals surface area contributed by atoms with Crippen molar-refractivity contribution in [2.45, 2.75) is 31.8 Å². The molecule has 1 fully saturated rings. The first kappa shape index (κ1) is 20.2. The van der Waals surface area contributed by atoms with Gasteiger partial charge >= 0.3 is 0 Å². The van der Waals surface area contributed by atoms with Crippen LogP contribution >= 0.6 is 0 Å². The Balaban J connectivity index is 1.34. The number of nitrogens with one attached hydrogen (secondary N) is 1. The van der Waals surface area contributed by atoms with Crippen LogP contribution in [0.25, 0.3) is 0 Å². The van der Waals surface area contributed by atoms with Crippen molar-refractivity contribution in [3.05, 3.63) is 82.3 Å². The molecule has 1 aromatic carbocycles. The molecular formula is C24H25N5O3. The van der Waals surface area contributed by atoms with Gasteiger partial charge in [-0.3, -0.25) is 14.4 Å². The third-order valence-electron chi connectivity index (χ3n) is 6.26. The number of rotatable bonds is 6. The van der Waals surface area contributed by atoms with Crippen molar-refractivity contribution in [1.82, 2.24) is 19.4 Å². The van der Waals surface area contributed by atoms with Crippen LogP contribution in [0.15, 0.2) is 59.8 Å². The van der Waals surface area contributed by atoms with Crippen molar-refractivity contribution in [2.75, 3.05) is 11.4 Å². The predicted molar refractivity (Wildman–Crippen MR) is 119 cm³/mol. The Hall–Kier alpha value is -3.68. The number of aryl methyl sites for hydroxylation is 1. The quantitative estimate of drug-likeness (QED) is 0.647. The first-order chi connectivity index (χ1) is 15.5. The molecule has 1 N–H and O–H groups in total. The van der Waals surface area contributed by atoms with Gasteiger partial charge in [0.15, 0.2) is 0 Å². The number of carbonyl (C=O) groups excluding carboxylic acids is 2. The molecule has 8 nitrogen and oxygen atoms in total. The van der Waals surface area contributed by atoms with Crippen molar-refractivity contribution in [2.24, 2.45) is 13.0 Å². The maximum absolute atomic E-state index is 13.0. The van der Waals surface area contributed by atoms with Gasteiger partial charge in [-0.25, -0.2) is 4.98 Å². The third-order valence-corrected chi connectivity index (χ3v) is 6.26. The second-order valence-electron chi connectivity index (χ2n) is 8.49. The number of hydrogen-bond donors (Lipinski definition) is 1. The lowest BCUT2D eigenvalue weighted by Gasteiger charge is -2.19. The zero-order valence-electron chi connectivity index (χ0n) is 17.9. The number of benzene rings is 1. The second-order valence-corrected chi connectivity index (χ2v) is 8.49. The summed E-state index contributed by atoms with van der Waals surface area (Å²) < 4.78 is 3.22. The Morgan fingerprint density at radius 1 is 1.19 bits per heavy atom. The van der Waals surface area contributed by atoms with Gasteiger partial charge in [-0.1, -0.05) is 18.2 Å². The fourth-order valence-electron chi connectivity index (χ4n) is 4.34. The van der Waals surface area contributed by atoms with Crippen molar-refractivity contribution < 1.29 is 9.59 Å². The summed E-state index contributed by atoms with van der Waals surface area (Å²) in [5.41, 5.74) is 2.05. The van der Waals surface area contributed by atoms with E-state index in [1.54, 1.807) is 11.1 Å². The monoisotopic (exact) mass is 431 g/mol. The summed E-state index contributed by atoms with van der Waals surface area (Å²) in [4.78, 5) is 44.5. The lowest BCUT2D eigenvalue weighted by Crippen LogP contribution is -2.36. The molecule has 0 bridgehead atoms. The normalized spacial score (nSPS) is 16.0. The number of amides is 2. The number of carbonyl (C=O) groups is 2. The van der Waals surface area contributed by atoms with Gasteiger partial charge < -0.3 is 19.4 Å². The molecular weight excluding hydrogens is 406 g/mol. The maximum Gasteiger partial charge on any atom is 0.253 e. The largest absolute Gasteiger partial charge is 0.342 e. The van der Waals surface area contributed by atoms with Crippen molar-refractivity contribution >= 4 is 17.5 Å². The van der Waals surface area contributed by atoms with E-state index in [1.165, 1.54) is 22.9 Å². The minimum Gasteiger partial charge on any atom is -0.342 e. The fraction of sp³-hybridized carbons (Fsp3) is 0.333. The number of pyridine rings is 1. The van der Waals surface area contributed by atoms with Crippen LogP contribution in [-0.4, -0.2) is 32.5 Å². The highest BCUT2D eigenvalue weighted by atomic mass is 16.2. The standard InChI is InChI=1S/C24H25N5O3/c1-27-13-11-25-23(27)22(17-6-7-17)26-24(32)18-8-9-20(30)28(14-18)15-21(31)29-12-10-16-4-2-3-5-19(16)29/h2-5,8-9,11,13-14,17,22H,6-7,10,12,15H2,1H3,(H,26,32)/t22-/m1/s1. The van der Waals surface area contributed by atoms with Crippen LogP contribution in [0.5, 0.6) is 0 Å². The van der Waals surface area contributed by atoms with Gasteiger partial charge in [0.2, 0.25) is 5.91 Å². The highest BCUT2D eigenvalue weighted by Gasteiger charge is 2.36. The van der Waals surface area contributed by atoms with Crippen LogP contribution in [-0.2, 0) is 24.8 Å². The molecule has 2 aliphatic rings. The van der Waals surface area contributed by atoms with E-state index in [-0.39, 0.29) is 30.0 Å². The van der Waals surface area contributed by atoms with Gasteiger partial charge in [0.1, 0.15) is 12.4 Å². The number of anilines is 1. The molecule has 0 radical (unpaired) electrons. The Bertz CT molecular complexity index is 1240. The first-order valence-electron chi connectivity index (χ1n) is 10.9. The van der Waals surface area contributed by atoms with E-state index in [0.29, 0.717) is 18.0 Å². The summed E-state index contributed by atoms with van der Waals surface area (Å²) in [5.74, 6) is 0.732. The zero-order chi connectivity index (χ0) is 22.2. The molecule has 3 heterocycles. The molecule has 0 spiro atoms. The number of aromatic nitrogens is 3. The molecule has 0 unspecified atom stereocenters. The van der Waals surface area contributed by atoms with Gasteiger partial charge in [-0.2, -0.15) is 0 Å². The highest BCUT2D eigenvalue weighted by molar-refractivity contribution is 5.96. The molecule has 1 saturated carbocycles. The molecule has 5 rings (SSSR count). The molecule has 2 amide bonds. The van der Waals surface area contributed by atoms with Crippen LogP contribution < -0.4 is 15.8 Å². The van der Waals surface area contributed by atoms with E-state index < -0.39 is 0 Å². The molecule has 1 aliphatic heterocycles. The summed E-state index contributed by atoms with van der Waals surface area (Å²) in [6.45, 7) is 0.486. The van der Waals surface area contributed by atoms with E-state index in [1.807, 2.05) is 42.1 Å². The van der Waals surface area contributed by atoms with E-state index in [0.717, 1.165) is 36.3 Å². The molecule has 1 atom stereocenters. The summed E-state index contributed by atoms with van der Waals surface area (Å²) in [5, 5.41) is 3.07. The van der Waals surface area contributed by atoms with Crippen LogP contribution in [0, 0.1) is 5.92 Å². The summed E-state index contributed by atoms with van der Waals surface area (Å²) >= 11 is 0. The molecule has 164 valence electrons. The van der Waals surface area contributed by atoms with Gasteiger partial charge in [0.25, 0.3) is 11.5 Å². The van der Waals surface area contributed by atoms with E-state index in [4.69, 9.17) is 0 Å². The number of para-hydroxylation sites is 1. The van der Waals surface area contributed by atoms with Crippen LogP contribution in [0.3, 0.4) is 0 Å². The SMILES string of the molecule is Cn1ccnc1[C@H](NC(=O)c1ccc(=O)n(CC(=O)N2CCc3ccccc32)c1)C1CC1. The highest BCUT2D eigenvalue weighted by Crippen LogP contribution is 2.40.